The first kappa shape index (κ1) is 8.74. The first-order chi connectivity index (χ1) is 4.99. The van der Waals surface area contributed by atoms with Crippen LogP contribution in [0.5, 0.6) is 0 Å². The molecule has 1 fully saturated rings. The molecule has 0 aliphatic carbocycles. The highest BCUT2D eigenvalue weighted by atomic mass is 32.1. The summed E-state index contributed by atoms with van der Waals surface area (Å²) >= 11 is 5.20. The maximum Gasteiger partial charge on any atom is 0.187 e. The summed E-state index contributed by atoms with van der Waals surface area (Å²) in [5.41, 5.74) is 3.26. The molecule has 0 amide bonds. The van der Waals surface area contributed by atoms with E-state index in [4.69, 9.17) is 12.2 Å². The molecule has 0 aromatic rings. The zero-order valence-corrected chi connectivity index (χ0v) is 8.33. The van der Waals surface area contributed by atoms with E-state index in [1.54, 1.807) is 0 Å². The predicted octanol–water partition coefficient (Wildman–Crippen LogP) is 0.779. The quantitative estimate of drug-likeness (QED) is 0.590. The van der Waals surface area contributed by atoms with Crippen LogP contribution >= 0.6 is 12.2 Å². The van der Waals surface area contributed by atoms with Gasteiger partial charge in [-0.2, -0.15) is 0 Å². The van der Waals surface area contributed by atoms with Crippen molar-refractivity contribution in [2.24, 2.45) is 0 Å². The van der Waals surface area contributed by atoms with Gasteiger partial charge < -0.3 is 4.90 Å². The second-order valence-corrected chi connectivity index (χ2v) is 3.62. The van der Waals surface area contributed by atoms with Crippen molar-refractivity contribution in [3.05, 3.63) is 0 Å². The van der Waals surface area contributed by atoms with Gasteiger partial charge in [0, 0.05) is 13.6 Å². The zero-order valence-electron chi connectivity index (χ0n) is 7.51. The molecule has 4 heteroatoms. The molecule has 0 radical (unpaired) electrons. The molecule has 0 aromatic heterocycles. The van der Waals surface area contributed by atoms with Crippen molar-refractivity contribution in [1.29, 1.82) is 0 Å². The van der Waals surface area contributed by atoms with E-state index < -0.39 is 0 Å². The third-order valence-corrected chi connectivity index (χ3v) is 2.58. The van der Waals surface area contributed by atoms with Crippen LogP contribution in [0.1, 0.15) is 20.8 Å². The Kier molecular flexibility index (Phi) is 2.07. The Labute approximate surface area is 73.3 Å². The van der Waals surface area contributed by atoms with E-state index in [1.807, 2.05) is 12.1 Å². The maximum atomic E-state index is 5.20. The number of nitrogens with zero attached hydrogens (tertiary/aromatic N) is 2. The van der Waals surface area contributed by atoms with E-state index in [0.29, 0.717) is 0 Å². The lowest BCUT2D eigenvalue weighted by molar-refractivity contribution is 0.191. The smallest absolute Gasteiger partial charge is 0.187 e. The highest BCUT2D eigenvalue weighted by Crippen LogP contribution is 2.18. The van der Waals surface area contributed by atoms with Crippen LogP contribution in [0.3, 0.4) is 0 Å². The summed E-state index contributed by atoms with van der Waals surface area (Å²) in [5, 5.41) is 2.85. The van der Waals surface area contributed by atoms with E-state index in [1.165, 1.54) is 0 Å². The van der Waals surface area contributed by atoms with Gasteiger partial charge in [0.05, 0.1) is 0 Å². The van der Waals surface area contributed by atoms with E-state index in [-0.39, 0.29) is 5.66 Å². The van der Waals surface area contributed by atoms with Crippen molar-refractivity contribution in [2.45, 2.75) is 26.4 Å². The molecule has 1 heterocycles. The molecule has 0 saturated carbocycles. The van der Waals surface area contributed by atoms with Crippen LogP contribution in [-0.4, -0.2) is 34.3 Å². The zero-order chi connectivity index (χ0) is 8.65. The largest absolute Gasteiger partial charge is 0.332 e. The van der Waals surface area contributed by atoms with E-state index in [9.17, 15) is 0 Å². The van der Waals surface area contributed by atoms with Gasteiger partial charge >= 0.3 is 0 Å². The van der Waals surface area contributed by atoms with Gasteiger partial charge in [0.25, 0.3) is 0 Å². The summed E-state index contributed by atoms with van der Waals surface area (Å²) in [7, 11) is 2.00. The van der Waals surface area contributed by atoms with Crippen LogP contribution in [0, 0.1) is 0 Å². The van der Waals surface area contributed by atoms with Crippen molar-refractivity contribution in [3.8, 4) is 0 Å². The van der Waals surface area contributed by atoms with Gasteiger partial charge in [-0.25, -0.2) is 5.43 Å². The van der Waals surface area contributed by atoms with Gasteiger partial charge in [-0.15, -0.1) is 0 Å². The number of nitrogens with one attached hydrogen (secondary N) is 1. The fourth-order valence-corrected chi connectivity index (χ4v) is 1.49. The maximum absolute atomic E-state index is 5.20. The van der Waals surface area contributed by atoms with Crippen molar-refractivity contribution >= 4 is 17.3 Å². The topological polar surface area (TPSA) is 18.5 Å². The summed E-state index contributed by atoms with van der Waals surface area (Å²) in [4.78, 5) is 2.06. The molecule has 64 valence electrons. The minimum Gasteiger partial charge on any atom is -0.332 e. The fourth-order valence-electron chi connectivity index (χ4n) is 1.09. The Hall–Kier alpha value is -0.350. The van der Waals surface area contributed by atoms with Gasteiger partial charge in [0.2, 0.25) is 0 Å². The van der Waals surface area contributed by atoms with Crippen molar-refractivity contribution < 1.29 is 0 Å². The lowest BCUT2D eigenvalue weighted by Crippen LogP contribution is -2.46. The second kappa shape index (κ2) is 2.60. The molecular weight excluding hydrogens is 158 g/mol. The molecule has 11 heavy (non-hydrogen) atoms. The van der Waals surface area contributed by atoms with Crippen LogP contribution in [0.4, 0.5) is 0 Å². The Morgan fingerprint density at radius 2 is 2.09 bits per heavy atom. The predicted molar refractivity (Wildman–Crippen MR) is 50.0 cm³/mol. The number of rotatable bonds is 1. The minimum atomic E-state index is -0.0346. The summed E-state index contributed by atoms with van der Waals surface area (Å²) in [6.07, 6.45) is 0. The summed E-state index contributed by atoms with van der Waals surface area (Å²) in [6.45, 7) is 7.20. The first-order valence-electron chi connectivity index (χ1n) is 3.82. The number of hydrogen-bond donors (Lipinski definition) is 1. The third kappa shape index (κ3) is 1.32. The molecule has 0 unspecified atom stereocenters. The molecule has 0 atom stereocenters. The van der Waals surface area contributed by atoms with Gasteiger partial charge in [-0.05, 0) is 33.0 Å². The average Bonchev–Trinajstić information content (AvgIpc) is 2.13. The van der Waals surface area contributed by atoms with Crippen LogP contribution in [0.2, 0.25) is 0 Å². The van der Waals surface area contributed by atoms with Crippen LogP contribution < -0.4 is 5.43 Å². The Morgan fingerprint density at radius 1 is 1.55 bits per heavy atom. The van der Waals surface area contributed by atoms with Gasteiger partial charge in [0.1, 0.15) is 5.66 Å². The lowest BCUT2D eigenvalue weighted by atomic mass is 10.2. The fraction of sp³-hybridized carbons (Fsp3) is 0.857. The average molecular weight is 173 g/mol. The van der Waals surface area contributed by atoms with Gasteiger partial charge in [0.15, 0.2) is 5.11 Å². The van der Waals surface area contributed by atoms with Crippen LogP contribution in [0.25, 0.3) is 0 Å². The Balaban J connectivity index is 2.77. The number of hydrogen-bond acceptors (Lipinski definition) is 2. The summed E-state index contributed by atoms with van der Waals surface area (Å²) in [6, 6.07) is 0. The number of hydrazine groups is 1. The van der Waals surface area contributed by atoms with E-state index in [0.717, 1.165) is 11.7 Å². The molecule has 0 bridgehead atoms. The third-order valence-electron chi connectivity index (χ3n) is 2.08. The molecule has 1 aliphatic rings. The molecule has 3 nitrogen and oxygen atoms in total. The standard InChI is InChI=1S/C7H15N3S/c1-5-10-6(11)9(4)7(2,3)8-10/h8H,5H2,1-4H3. The van der Waals surface area contributed by atoms with E-state index in [2.05, 4.69) is 31.1 Å². The summed E-state index contributed by atoms with van der Waals surface area (Å²) in [5.74, 6) is 0. The molecule has 1 saturated heterocycles. The molecule has 1 aliphatic heterocycles. The highest BCUT2D eigenvalue weighted by Gasteiger charge is 2.36. The Morgan fingerprint density at radius 3 is 2.27 bits per heavy atom. The van der Waals surface area contributed by atoms with Crippen molar-refractivity contribution in [2.75, 3.05) is 13.6 Å². The van der Waals surface area contributed by atoms with Crippen LogP contribution in [0.15, 0.2) is 0 Å². The molecule has 0 spiro atoms. The molecule has 1 rings (SSSR count). The Bertz CT molecular complexity index is 179. The lowest BCUT2D eigenvalue weighted by Gasteiger charge is -2.26. The van der Waals surface area contributed by atoms with Crippen molar-refractivity contribution in [1.82, 2.24) is 15.3 Å². The second-order valence-electron chi connectivity index (χ2n) is 3.26. The highest BCUT2D eigenvalue weighted by molar-refractivity contribution is 7.80. The monoisotopic (exact) mass is 173 g/mol. The number of thiocarbonyl (C=S) groups is 1. The SMILES string of the molecule is CCN1NC(C)(C)N(C)C1=S. The normalized spacial score (nSPS) is 23.1. The minimum absolute atomic E-state index is 0.0346. The van der Waals surface area contributed by atoms with Gasteiger partial charge in [-0.1, -0.05) is 0 Å². The van der Waals surface area contributed by atoms with E-state index >= 15 is 0 Å². The van der Waals surface area contributed by atoms with Crippen LogP contribution in [-0.2, 0) is 0 Å². The summed E-state index contributed by atoms with van der Waals surface area (Å²) < 4.78 is 0. The van der Waals surface area contributed by atoms with Gasteiger partial charge in [-0.3, -0.25) is 5.01 Å². The molecular formula is C7H15N3S. The molecule has 0 aromatic carbocycles. The first-order valence-corrected chi connectivity index (χ1v) is 4.23. The van der Waals surface area contributed by atoms with Crippen molar-refractivity contribution in [3.63, 3.8) is 0 Å². The molecule has 1 N–H and O–H groups in total.